The molecular weight excluding hydrogens is 412 g/mol. The summed E-state index contributed by atoms with van der Waals surface area (Å²) in [5.41, 5.74) is 5.64. The smallest absolute Gasteiger partial charge is 0.267 e. The number of hydrogen-bond acceptors (Lipinski definition) is 4. The Morgan fingerprint density at radius 3 is 2.45 bits per heavy atom. The number of carbonyl (C=O) groups excluding carboxylic acids is 1. The van der Waals surface area contributed by atoms with Crippen molar-refractivity contribution >= 4 is 11.7 Å². The summed E-state index contributed by atoms with van der Waals surface area (Å²) in [5.74, 6) is 0.642. The molecule has 0 radical (unpaired) electrons. The second kappa shape index (κ2) is 16.7. The van der Waals surface area contributed by atoms with E-state index in [2.05, 4.69) is 62.5 Å². The number of aliphatic imine (C=N–C) groups is 1. The van der Waals surface area contributed by atoms with Crippen LogP contribution in [0.1, 0.15) is 89.8 Å². The molecule has 1 rings (SSSR count). The molecule has 0 atom stereocenters. The maximum absolute atomic E-state index is 11.3. The summed E-state index contributed by atoms with van der Waals surface area (Å²) in [6, 6.07) is 0. The average molecular weight is 467 g/mol. The van der Waals surface area contributed by atoms with Gasteiger partial charge < -0.3 is 9.80 Å². The van der Waals surface area contributed by atoms with Crippen molar-refractivity contribution < 1.29 is 12.9 Å². The highest BCUT2D eigenvalue weighted by atomic mass is 16.5. The lowest BCUT2D eigenvalue weighted by molar-refractivity contribution is -0.124. The first kappa shape index (κ1) is 31.1. The summed E-state index contributed by atoms with van der Waals surface area (Å²) >= 11 is 0. The van der Waals surface area contributed by atoms with E-state index >= 15 is 0 Å². The third kappa shape index (κ3) is 12.8. The van der Waals surface area contributed by atoms with Crippen LogP contribution in [-0.2, 0) is 4.79 Å². The molecule has 33 heavy (non-hydrogen) atoms. The quantitative estimate of drug-likeness (QED) is 0.128. The first-order valence-electron chi connectivity index (χ1n) is 12.6. The molecule has 0 fully saturated rings. The highest BCUT2D eigenvalue weighted by Gasteiger charge is 2.20. The van der Waals surface area contributed by atoms with Gasteiger partial charge in [-0.05, 0) is 69.2 Å². The number of rotatable bonds is 10. The summed E-state index contributed by atoms with van der Waals surface area (Å²) in [6.07, 6.45) is 11.5. The standard InChI is InChI=1S/C25H44N4O2.C2H6.2H2/c1-8-10-23(26-6)29(18-17-28(7)16-15-25(3,4)5)22-12-9-11-21(19-20(22)2)13-14-24(30)27-31;1-2;;/h13-14,19,31H,8-12,15-18H2,1-7H3,(H,27,30);1-2H3;2*1H/b14-13+,26-23?;;;. The van der Waals surface area contributed by atoms with E-state index in [0.717, 1.165) is 63.1 Å². The molecule has 0 aromatic rings. The van der Waals surface area contributed by atoms with Gasteiger partial charge in [0.2, 0.25) is 0 Å². The zero-order valence-corrected chi connectivity index (χ0v) is 22.8. The monoisotopic (exact) mass is 466 g/mol. The molecular formula is C27H54N4O2. The van der Waals surface area contributed by atoms with Crippen molar-refractivity contribution in [3.05, 3.63) is 35.1 Å². The Hall–Kier alpha value is -1.92. The number of amidine groups is 1. The second-order valence-corrected chi connectivity index (χ2v) is 9.67. The van der Waals surface area contributed by atoms with Crippen LogP contribution < -0.4 is 5.48 Å². The molecule has 0 heterocycles. The Kier molecular flexibility index (Phi) is 15.7. The van der Waals surface area contributed by atoms with Crippen molar-refractivity contribution in [2.45, 2.75) is 87.0 Å². The first-order valence-corrected chi connectivity index (χ1v) is 12.6. The predicted octanol–water partition coefficient (Wildman–Crippen LogP) is 6.45. The number of likely N-dealkylation sites (N-methyl/N-ethyl adjacent to an activating group) is 1. The van der Waals surface area contributed by atoms with Crippen molar-refractivity contribution in [3.8, 4) is 0 Å². The zero-order valence-electron chi connectivity index (χ0n) is 22.8. The third-order valence-corrected chi connectivity index (χ3v) is 5.61. The lowest BCUT2D eigenvalue weighted by Crippen LogP contribution is -2.38. The number of hydrogen-bond donors (Lipinski definition) is 2. The number of carbonyl (C=O) groups is 1. The minimum atomic E-state index is -0.504. The van der Waals surface area contributed by atoms with Gasteiger partial charge in [-0.25, -0.2) is 5.48 Å². The Labute approximate surface area is 206 Å². The van der Waals surface area contributed by atoms with E-state index < -0.39 is 5.91 Å². The maximum Gasteiger partial charge on any atom is 0.267 e. The second-order valence-electron chi connectivity index (χ2n) is 9.67. The van der Waals surface area contributed by atoms with Gasteiger partial charge >= 0.3 is 0 Å². The van der Waals surface area contributed by atoms with Gasteiger partial charge in [-0.2, -0.15) is 0 Å². The summed E-state index contributed by atoms with van der Waals surface area (Å²) in [7, 11) is 4.10. The van der Waals surface area contributed by atoms with Crippen LogP contribution in [0.25, 0.3) is 0 Å². The fraction of sp³-hybridized carbons (Fsp3) is 0.704. The molecule has 0 aromatic carbocycles. The highest BCUT2D eigenvalue weighted by molar-refractivity contribution is 5.87. The van der Waals surface area contributed by atoms with Crippen LogP contribution in [0.5, 0.6) is 0 Å². The SMILES string of the molecule is CC.CCCC(=NC)N(CCN(C)CCC(C)(C)C)C1=C(C)C=C(/C=C/C(=O)NO)CCC1.[HH].[HH]. The molecule has 0 saturated carbocycles. The molecule has 1 aliphatic rings. The summed E-state index contributed by atoms with van der Waals surface area (Å²) in [5, 5.41) is 8.71. The molecule has 0 aliphatic heterocycles. The predicted molar refractivity (Wildman–Crippen MR) is 146 cm³/mol. The molecule has 194 valence electrons. The fourth-order valence-electron chi connectivity index (χ4n) is 3.71. The van der Waals surface area contributed by atoms with Crippen LogP contribution in [0, 0.1) is 5.41 Å². The third-order valence-electron chi connectivity index (χ3n) is 5.61. The number of nitrogens with zero attached hydrogens (tertiary/aromatic N) is 3. The number of amides is 1. The Morgan fingerprint density at radius 2 is 1.91 bits per heavy atom. The van der Waals surface area contributed by atoms with Gasteiger partial charge in [0.25, 0.3) is 5.91 Å². The fourth-order valence-corrected chi connectivity index (χ4v) is 3.71. The van der Waals surface area contributed by atoms with Crippen LogP contribution in [0.2, 0.25) is 0 Å². The van der Waals surface area contributed by atoms with Gasteiger partial charge in [-0.3, -0.25) is 15.0 Å². The van der Waals surface area contributed by atoms with Crippen LogP contribution in [0.3, 0.4) is 0 Å². The van der Waals surface area contributed by atoms with Crippen LogP contribution in [0.15, 0.2) is 40.1 Å². The number of allylic oxidation sites excluding steroid dienone is 5. The Bertz CT molecular complexity index is 710. The Balaban J connectivity index is -0.00000249. The van der Waals surface area contributed by atoms with Gasteiger partial charge in [0, 0.05) is 41.2 Å². The van der Waals surface area contributed by atoms with E-state index in [-0.39, 0.29) is 2.85 Å². The largest absolute Gasteiger partial charge is 0.332 e. The minimum Gasteiger partial charge on any atom is -0.332 e. The van der Waals surface area contributed by atoms with Gasteiger partial charge in [-0.1, -0.05) is 53.7 Å². The molecule has 6 nitrogen and oxygen atoms in total. The van der Waals surface area contributed by atoms with Gasteiger partial charge in [0.15, 0.2) is 0 Å². The molecule has 0 unspecified atom stereocenters. The maximum atomic E-state index is 11.3. The van der Waals surface area contributed by atoms with E-state index in [4.69, 9.17) is 5.21 Å². The topological polar surface area (TPSA) is 68.2 Å². The zero-order chi connectivity index (χ0) is 25.4. The van der Waals surface area contributed by atoms with E-state index in [1.54, 1.807) is 11.6 Å². The lowest BCUT2D eigenvalue weighted by atomic mass is 9.92. The number of nitrogens with one attached hydrogen (secondary N) is 1. The van der Waals surface area contributed by atoms with Crippen LogP contribution >= 0.6 is 0 Å². The van der Waals surface area contributed by atoms with Crippen molar-refractivity contribution in [1.82, 2.24) is 15.3 Å². The lowest BCUT2D eigenvalue weighted by Gasteiger charge is -2.32. The van der Waals surface area contributed by atoms with Crippen LogP contribution in [-0.4, -0.2) is 60.5 Å². The van der Waals surface area contributed by atoms with Gasteiger partial charge in [-0.15, -0.1) is 0 Å². The molecule has 6 heteroatoms. The van der Waals surface area contributed by atoms with Crippen molar-refractivity contribution in [1.29, 1.82) is 0 Å². The van der Waals surface area contributed by atoms with E-state index in [1.807, 2.05) is 20.9 Å². The molecule has 1 amide bonds. The molecule has 0 bridgehead atoms. The van der Waals surface area contributed by atoms with Crippen molar-refractivity contribution in [2.24, 2.45) is 10.4 Å². The highest BCUT2D eigenvalue weighted by Crippen LogP contribution is 2.27. The molecule has 2 N–H and O–H groups in total. The van der Waals surface area contributed by atoms with Gasteiger partial charge in [0.1, 0.15) is 5.84 Å². The van der Waals surface area contributed by atoms with E-state index in [1.165, 1.54) is 23.8 Å². The molecule has 1 aliphatic carbocycles. The number of hydroxylamine groups is 1. The van der Waals surface area contributed by atoms with E-state index in [0.29, 0.717) is 5.41 Å². The summed E-state index contributed by atoms with van der Waals surface area (Å²) < 4.78 is 0. The van der Waals surface area contributed by atoms with Gasteiger partial charge in [0.05, 0.1) is 0 Å². The summed E-state index contributed by atoms with van der Waals surface area (Å²) in [4.78, 5) is 20.8. The Morgan fingerprint density at radius 1 is 1.24 bits per heavy atom. The normalized spacial score (nSPS) is 15.2. The molecule has 0 aromatic heterocycles. The van der Waals surface area contributed by atoms with E-state index in [9.17, 15) is 4.79 Å². The van der Waals surface area contributed by atoms with Crippen molar-refractivity contribution in [2.75, 3.05) is 33.7 Å². The van der Waals surface area contributed by atoms with Crippen LogP contribution in [0.4, 0.5) is 0 Å². The van der Waals surface area contributed by atoms with Crippen molar-refractivity contribution in [3.63, 3.8) is 0 Å². The summed E-state index contributed by atoms with van der Waals surface area (Å²) in [6.45, 7) is 18.2. The average Bonchev–Trinajstić information content (AvgIpc) is 2.97. The molecule has 0 saturated heterocycles. The minimum absolute atomic E-state index is 0. The molecule has 0 spiro atoms. The first-order chi connectivity index (χ1) is 15.6.